The van der Waals surface area contributed by atoms with Crippen molar-refractivity contribution < 1.29 is 0 Å². The van der Waals surface area contributed by atoms with Crippen molar-refractivity contribution in [2.45, 2.75) is 58.7 Å². The van der Waals surface area contributed by atoms with Gasteiger partial charge in [0.2, 0.25) is 0 Å². The lowest BCUT2D eigenvalue weighted by Gasteiger charge is -2.46. The zero-order chi connectivity index (χ0) is 15.9. The minimum absolute atomic E-state index is 0.607. The summed E-state index contributed by atoms with van der Waals surface area (Å²) in [4.78, 5) is 5.22. The van der Waals surface area contributed by atoms with Crippen LogP contribution >= 0.6 is 0 Å². The molecular formula is C19H29N3. The van der Waals surface area contributed by atoms with E-state index in [-0.39, 0.29) is 0 Å². The molecule has 22 heavy (non-hydrogen) atoms. The van der Waals surface area contributed by atoms with Crippen molar-refractivity contribution in [2.24, 2.45) is 0 Å². The highest BCUT2D eigenvalue weighted by Crippen LogP contribution is 2.27. The van der Waals surface area contributed by atoms with Gasteiger partial charge in [0.25, 0.3) is 0 Å². The Morgan fingerprint density at radius 1 is 1.23 bits per heavy atom. The molecule has 1 aromatic carbocycles. The van der Waals surface area contributed by atoms with Gasteiger partial charge >= 0.3 is 0 Å². The third-order valence-corrected chi connectivity index (χ3v) is 4.83. The number of hydrogen-bond acceptors (Lipinski definition) is 3. The second kappa shape index (κ2) is 8.31. The lowest BCUT2D eigenvalue weighted by Crippen LogP contribution is -2.55. The molecule has 120 valence electrons. The largest absolute Gasteiger partial charge is 0.298 e. The molecule has 0 amide bonds. The molecule has 3 rings (SSSR count). The van der Waals surface area contributed by atoms with Gasteiger partial charge in [0.05, 0.1) is 11.6 Å². The van der Waals surface area contributed by atoms with Crippen molar-refractivity contribution in [1.82, 2.24) is 9.80 Å². The molecule has 1 heterocycles. The average molecular weight is 299 g/mol. The van der Waals surface area contributed by atoms with Gasteiger partial charge in [0.15, 0.2) is 0 Å². The van der Waals surface area contributed by atoms with Crippen LogP contribution in [-0.4, -0.2) is 41.5 Å². The Morgan fingerprint density at radius 2 is 2.00 bits per heavy atom. The summed E-state index contributed by atoms with van der Waals surface area (Å²) in [5.41, 5.74) is 2.02. The van der Waals surface area contributed by atoms with Crippen molar-refractivity contribution in [3.63, 3.8) is 0 Å². The number of hydrogen-bond donors (Lipinski definition) is 0. The van der Waals surface area contributed by atoms with Crippen molar-refractivity contribution in [3.05, 3.63) is 35.4 Å². The highest BCUT2D eigenvalue weighted by Gasteiger charge is 2.31. The molecular weight excluding hydrogens is 270 g/mol. The minimum Gasteiger partial charge on any atom is -0.298 e. The molecule has 1 saturated carbocycles. The molecule has 0 bridgehead atoms. The van der Waals surface area contributed by atoms with E-state index in [0.29, 0.717) is 6.04 Å². The Hall–Kier alpha value is -1.37. The minimum atomic E-state index is 0.607. The molecule has 3 nitrogen and oxygen atoms in total. The quantitative estimate of drug-likeness (QED) is 0.853. The molecule has 0 aromatic heterocycles. The topological polar surface area (TPSA) is 30.3 Å². The SMILES string of the molecule is CC.CC1CN(C2CCC2)CCN1Cc1cccc(C#N)c1. The summed E-state index contributed by atoms with van der Waals surface area (Å²) in [6.45, 7) is 10.8. The van der Waals surface area contributed by atoms with Crippen LogP contribution in [-0.2, 0) is 6.54 Å². The molecule has 0 spiro atoms. The van der Waals surface area contributed by atoms with E-state index in [1.807, 2.05) is 32.0 Å². The second-order valence-corrected chi connectivity index (χ2v) is 6.21. The van der Waals surface area contributed by atoms with Crippen LogP contribution in [0.5, 0.6) is 0 Å². The van der Waals surface area contributed by atoms with E-state index in [1.165, 1.54) is 37.9 Å². The highest BCUT2D eigenvalue weighted by molar-refractivity contribution is 5.32. The lowest BCUT2D eigenvalue weighted by atomic mass is 9.90. The predicted octanol–water partition coefficient (Wildman–Crippen LogP) is 3.64. The number of rotatable bonds is 3. The molecule has 1 aromatic rings. The van der Waals surface area contributed by atoms with E-state index >= 15 is 0 Å². The fourth-order valence-electron chi connectivity index (χ4n) is 3.32. The summed E-state index contributed by atoms with van der Waals surface area (Å²) < 4.78 is 0. The van der Waals surface area contributed by atoms with Crippen LogP contribution in [0.25, 0.3) is 0 Å². The van der Waals surface area contributed by atoms with E-state index < -0.39 is 0 Å². The van der Waals surface area contributed by atoms with Gasteiger partial charge in [-0.25, -0.2) is 0 Å². The predicted molar refractivity (Wildman–Crippen MR) is 91.6 cm³/mol. The van der Waals surface area contributed by atoms with Crippen LogP contribution in [0.15, 0.2) is 24.3 Å². The summed E-state index contributed by atoms with van der Waals surface area (Å²) in [5.74, 6) is 0. The third-order valence-electron chi connectivity index (χ3n) is 4.83. The van der Waals surface area contributed by atoms with Crippen LogP contribution in [0.2, 0.25) is 0 Å². The van der Waals surface area contributed by atoms with Crippen LogP contribution < -0.4 is 0 Å². The van der Waals surface area contributed by atoms with Gasteiger partial charge in [-0.1, -0.05) is 32.4 Å². The zero-order valence-electron chi connectivity index (χ0n) is 14.3. The van der Waals surface area contributed by atoms with E-state index in [4.69, 9.17) is 5.26 Å². The molecule has 1 atom stereocenters. The van der Waals surface area contributed by atoms with Gasteiger partial charge in [-0.05, 0) is 37.5 Å². The first-order valence-electron chi connectivity index (χ1n) is 8.73. The average Bonchev–Trinajstić information content (AvgIpc) is 2.50. The van der Waals surface area contributed by atoms with Gasteiger partial charge in [-0.3, -0.25) is 9.80 Å². The monoisotopic (exact) mass is 299 g/mol. The Kier molecular flexibility index (Phi) is 6.42. The number of benzene rings is 1. The van der Waals surface area contributed by atoms with E-state index in [0.717, 1.165) is 24.7 Å². The molecule has 1 unspecified atom stereocenters. The van der Waals surface area contributed by atoms with Crippen molar-refractivity contribution >= 4 is 0 Å². The lowest BCUT2D eigenvalue weighted by molar-refractivity contribution is 0.0261. The van der Waals surface area contributed by atoms with E-state index in [1.54, 1.807) is 0 Å². The Labute approximate surface area is 135 Å². The summed E-state index contributed by atoms with van der Waals surface area (Å²) >= 11 is 0. The maximum absolute atomic E-state index is 8.98. The molecule has 1 saturated heterocycles. The maximum Gasteiger partial charge on any atom is 0.0991 e. The molecule has 0 radical (unpaired) electrons. The summed E-state index contributed by atoms with van der Waals surface area (Å²) in [5, 5.41) is 8.98. The van der Waals surface area contributed by atoms with Gasteiger partial charge in [0.1, 0.15) is 0 Å². The van der Waals surface area contributed by atoms with Crippen LogP contribution in [0, 0.1) is 11.3 Å². The van der Waals surface area contributed by atoms with Gasteiger partial charge in [0, 0.05) is 38.3 Å². The first-order chi connectivity index (χ1) is 10.8. The van der Waals surface area contributed by atoms with Crippen molar-refractivity contribution in [1.29, 1.82) is 5.26 Å². The van der Waals surface area contributed by atoms with Gasteiger partial charge in [-0.15, -0.1) is 0 Å². The molecule has 1 aliphatic carbocycles. The molecule has 3 heteroatoms. The normalized spacial score (nSPS) is 23.1. The molecule has 0 N–H and O–H groups in total. The van der Waals surface area contributed by atoms with Crippen molar-refractivity contribution in [2.75, 3.05) is 19.6 Å². The highest BCUT2D eigenvalue weighted by atomic mass is 15.3. The first-order valence-corrected chi connectivity index (χ1v) is 8.73. The van der Waals surface area contributed by atoms with Gasteiger partial charge in [-0.2, -0.15) is 5.26 Å². The second-order valence-electron chi connectivity index (χ2n) is 6.21. The van der Waals surface area contributed by atoms with Crippen LogP contribution in [0.3, 0.4) is 0 Å². The number of piperazine rings is 1. The Bertz CT molecular complexity index is 502. The molecule has 2 fully saturated rings. The first kappa shape index (κ1) is 17.0. The van der Waals surface area contributed by atoms with Crippen LogP contribution in [0.4, 0.5) is 0 Å². The molecule has 1 aliphatic heterocycles. The number of nitrogens with zero attached hydrogens (tertiary/aromatic N) is 3. The Morgan fingerprint density at radius 3 is 2.59 bits per heavy atom. The van der Waals surface area contributed by atoms with Gasteiger partial charge < -0.3 is 0 Å². The number of nitriles is 1. The van der Waals surface area contributed by atoms with E-state index in [2.05, 4.69) is 28.9 Å². The van der Waals surface area contributed by atoms with E-state index in [9.17, 15) is 0 Å². The molecule has 2 aliphatic rings. The third kappa shape index (κ3) is 4.09. The smallest absolute Gasteiger partial charge is 0.0991 e. The van der Waals surface area contributed by atoms with Crippen molar-refractivity contribution in [3.8, 4) is 6.07 Å². The maximum atomic E-state index is 8.98. The van der Waals surface area contributed by atoms with Crippen LogP contribution in [0.1, 0.15) is 51.2 Å². The summed E-state index contributed by atoms with van der Waals surface area (Å²) in [6.07, 6.45) is 4.22. The summed E-state index contributed by atoms with van der Waals surface area (Å²) in [7, 11) is 0. The zero-order valence-corrected chi connectivity index (χ0v) is 14.3. The Balaban J connectivity index is 0.000000847. The standard InChI is InChI=1S/C17H23N3.C2H6/c1-14-12-20(17-6-3-7-17)9-8-19(14)13-16-5-2-4-15(10-16)11-18;1-2/h2,4-5,10,14,17H,3,6-9,12-13H2,1H3;1-2H3. The fourth-order valence-corrected chi connectivity index (χ4v) is 3.32. The fraction of sp³-hybridized carbons (Fsp3) is 0.632. The summed E-state index contributed by atoms with van der Waals surface area (Å²) in [6, 6.07) is 11.7.